The Morgan fingerprint density at radius 2 is 1.76 bits per heavy atom. The molecule has 59 heavy (non-hydrogen) atoms. The summed E-state index contributed by atoms with van der Waals surface area (Å²) in [5.74, 6) is -0.703. The van der Waals surface area contributed by atoms with Crippen molar-refractivity contribution in [2.45, 2.75) is 117 Å². The van der Waals surface area contributed by atoms with Crippen molar-refractivity contribution in [3.8, 4) is 11.1 Å². The van der Waals surface area contributed by atoms with Crippen LogP contribution in [0.3, 0.4) is 0 Å². The highest BCUT2D eigenvalue weighted by Gasteiger charge is 2.66. The first kappa shape index (κ1) is 39.8. The second kappa shape index (κ2) is 14.8. The molecule has 2 aromatic carbocycles. The molecule has 0 spiro atoms. The molecule has 2 atom stereocenters. The van der Waals surface area contributed by atoms with E-state index in [0.717, 1.165) is 96.2 Å². The van der Waals surface area contributed by atoms with Gasteiger partial charge in [-0.05, 0) is 155 Å². The lowest BCUT2D eigenvalue weighted by atomic mass is 9.39. The summed E-state index contributed by atoms with van der Waals surface area (Å²) in [7, 11) is 1.95. The summed E-state index contributed by atoms with van der Waals surface area (Å²) in [6.07, 6.45) is 11.4. The molecule has 4 saturated carbocycles. The minimum absolute atomic E-state index is 0.00347. The number of benzene rings is 2. The molecule has 1 aliphatic heterocycles. The van der Waals surface area contributed by atoms with Crippen molar-refractivity contribution in [2.75, 3.05) is 30.4 Å². The predicted molar refractivity (Wildman–Crippen MR) is 233 cm³/mol. The quantitative estimate of drug-likeness (QED) is 0.0996. The largest absolute Gasteiger partial charge is 0.476 e. The van der Waals surface area contributed by atoms with Crippen molar-refractivity contribution < 1.29 is 19.4 Å². The van der Waals surface area contributed by atoms with Gasteiger partial charge in [-0.15, -0.1) is 0 Å². The normalized spacial score (nSPS) is 25.8. The third-order valence-corrected chi connectivity index (χ3v) is 14.4. The second-order valence-corrected chi connectivity index (χ2v) is 20.3. The number of aryl methyl sites for hydroxylation is 1. The number of aromatic nitrogens is 4. The SMILES string of the molecule is CNCCCc1cc2c(c(C(=O)Nc3nc4ccccc4s3)c1)CN(c1ccc(-c3cnn(CC45CC6(C)CC(C)(C4)CC(OC(C)C)(C6)C5)c3C)c(C(=O)O)n1)CC2. The van der Waals surface area contributed by atoms with Gasteiger partial charge >= 0.3 is 5.97 Å². The Morgan fingerprint density at radius 3 is 2.49 bits per heavy atom. The molecule has 1 amide bonds. The third kappa shape index (κ3) is 7.57. The zero-order valence-electron chi connectivity index (χ0n) is 35.3. The van der Waals surface area contributed by atoms with Crippen molar-refractivity contribution in [3.05, 3.63) is 88.4 Å². The Kier molecular flexibility index (Phi) is 9.99. The maximum atomic E-state index is 14.1. The van der Waals surface area contributed by atoms with E-state index < -0.39 is 5.97 Å². The minimum Gasteiger partial charge on any atom is -0.476 e. The van der Waals surface area contributed by atoms with Crippen LogP contribution in [0.4, 0.5) is 10.9 Å². The van der Waals surface area contributed by atoms with Crippen LogP contribution in [-0.4, -0.2) is 68.6 Å². The molecule has 5 aromatic rings. The number of nitrogens with zero attached hydrogens (tertiary/aromatic N) is 5. The van der Waals surface area contributed by atoms with E-state index in [1.807, 2.05) is 55.7 Å². The molecule has 4 bridgehead atoms. The lowest BCUT2D eigenvalue weighted by Crippen LogP contribution is -2.64. The fourth-order valence-corrected chi connectivity index (χ4v) is 13.5. The second-order valence-electron chi connectivity index (χ2n) is 19.3. The van der Waals surface area contributed by atoms with Gasteiger partial charge in [-0.25, -0.2) is 14.8 Å². The zero-order chi connectivity index (χ0) is 41.3. The Balaban J connectivity index is 0.990. The van der Waals surface area contributed by atoms with Crippen molar-refractivity contribution in [1.82, 2.24) is 25.1 Å². The number of nitrogens with one attached hydrogen (secondary N) is 2. The summed E-state index contributed by atoms with van der Waals surface area (Å²) in [4.78, 5) is 38.6. The molecule has 2 unspecified atom stereocenters. The molecular weight excluding hydrogens is 759 g/mol. The van der Waals surface area contributed by atoms with E-state index in [1.54, 1.807) is 0 Å². The highest BCUT2D eigenvalue weighted by atomic mass is 32.1. The van der Waals surface area contributed by atoms with Gasteiger partial charge in [0.2, 0.25) is 0 Å². The number of ether oxygens (including phenoxy) is 1. The predicted octanol–water partition coefficient (Wildman–Crippen LogP) is 9.07. The molecule has 3 aromatic heterocycles. The number of thiazole rings is 1. The number of fused-ring (bicyclic) bond motifs is 2. The average Bonchev–Trinajstić information content (AvgIpc) is 3.73. The molecule has 0 radical (unpaired) electrons. The fraction of sp³-hybridized carbons (Fsp3) is 0.511. The number of hydrogen-bond acceptors (Lipinski definition) is 9. The van der Waals surface area contributed by atoms with Crippen LogP contribution in [0.1, 0.15) is 116 Å². The molecule has 4 aliphatic carbocycles. The van der Waals surface area contributed by atoms with Gasteiger partial charge in [-0.1, -0.05) is 43.4 Å². The Bertz CT molecular complexity index is 2400. The van der Waals surface area contributed by atoms with Crippen LogP contribution in [0.2, 0.25) is 0 Å². The van der Waals surface area contributed by atoms with Gasteiger partial charge in [-0.2, -0.15) is 5.10 Å². The van der Waals surface area contributed by atoms with Crippen LogP contribution in [0.25, 0.3) is 21.3 Å². The first-order valence-corrected chi connectivity index (χ1v) is 22.1. The van der Waals surface area contributed by atoms with Crippen LogP contribution in [0, 0.1) is 23.2 Å². The standard InChI is InChI=1S/C47H57N7O4S/c1-29(2)58-47-25-44(4)22-45(5,26-47)24-46(23-44,27-47)28-54-30(3)35(20-49-54)33-13-14-39(51-40(33)42(56)57)53-17-15-32-18-31(10-9-16-48-6)19-34(36(32)21-53)41(55)52-43-50-37-11-7-8-12-38(37)59-43/h7-8,11-14,18-20,29,48H,9-10,15-17,21-28H2,1-6H3,(H,56,57)(H,50,52,55). The van der Waals surface area contributed by atoms with E-state index in [-0.39, 0.29) is 39.6 Å². The molecule has 310 valence electrons. The number of para-hydroxylation sites is 1. The van der Waals surface area contributed by atoms with Crippen molar-refractivity contribution in [3.63, 3.8) is 0 Å². The van der Waals surface area contributed by atoms with Gasteiger partial charge in [0, 0.05) is 42.0 Å². The van der Waals surface area contributed by atoms with Crippen LogP contribution < -0.4 is 15.5 Å². The van der Waals surface area contributed by atoms with Crippen LogP contribution >= 0.6 is 11.3 Å². The molecule has 10 rings (SSSR count). The topological polar surface area (TPSA) is 135 Å². The highest BCUT2D eigenvalue weighted by Crippen LogP contribution is 2.72. The number of pyridine rings is 1. The minimum atomic E-state index is -1.08. The summed E-state index contributed by atoms with van der Waals surface area (Å²) < 4.78 is 9.95. The van der Waals surface area contributed by atoms with Crippen LogP contribution in [0.15, 0.2) is 54.7 Å². The number of carboxylic acids is 1. The fourth-order valence-electron chi connectivity index (χ4n) is 12.7. The number of aromatic carboxylic acids is 1. The van der Waals surface area contributed by atoms with E-state index in [1.165, 1.54) is 17.8 Å². The third-order valence-electron chi connectivity index (χ3n) is 13.5. The van der Waals surface area contributed by atoms with Gasteiger partial charge in [0.05, 0.1) is 28.1 Å². The smallest absolute Gasteiger partial charge is 0.355 e. The van der Waals surface area contributed by atoms with Gasteiger partial charge in [-0.3, -0.25) is 14.8 Å². The van der Waals surface area contributed by atoms with E-state index >= 15 is 0 Å². The Hall–Kier alpha value is -4.65. The summed E-state index contributed by atoms with van der Waals surface area (Å²) >= 11 is 1.46. The van der Waals surface area contributed by atoms with Crippen molar-refractivity contribution in [2.24, 2.45) is 16.2 Å². The maximum Gasteiger partial charge on any atom is 0.355 e. The summed E-state index contributed by atoms with van der Waals surface area (Å²) in [6.45, 7) is 14.1. The molecule has 4 heterocycles. The first-order valence-electron chi connectivity index (χ1n) is 21.3. The van der Waals surface area contributed by atoms with Gasteiger partial charge in [0.15, 0.2) is 10.8 Å². The first-order chi connectivity index (χ1) is 28.2. The maximum absolute atomic E-state index is 14.1. The van der Waals surface area contributed by atoms with Crippen molar-refractivity contribution in [1.29, 1.82) is 0 Å². The van der Waals surface area contributed by atoms with Crippen LogP contribution in [0.5, 0.6) is 0 Å². The molecule has 3 N–H and O–H groups in total. The van der Waals surface area contributed by atoms with E-state index in [0.29, 0.717) is 41.6 Å². The highest BCUT2D eigenvalue weighted by molar-refractivity contribution is 7.22. The molecule has 5 aliphatic rings. The van der Waals surface area contributed by atoms with Crippen LogP contribution in [-0.2, 0) is 30.7 Å². The zero-order valence-corrected chi connectivity index (χ0v) is 36.1. The number of carbonyl (C=O) groups excluding carboxylic acids is 1. The summed E-state index contributed by atoms with van der Waals surface area (Å²) in [6, 6.07) is 15.9. The Morgan fingerprint density at radius 1 is 0.983 bits per heavy atom. The average molecular weight is 816 g/mol. The monoisotopic (exact) mass is 815 g/mol. The molecule has 11 nitrogen and oxygen atoms in total. The molecule has 4 fully saturated rings. The Labute approximate surface area is 351 Å². The number of amides is 1. The molecular formula is C47H57N7O4S. The van der Waals surface area contributed by atoms with E-state index in [9.17, 15) is 14.7 Å². The summed E-state index contributed by atoms with van der Waals surface area (Å²) in [5.41, 5.74) is 7.43. The lowest BCUT2D eigenvalue weighted by Gasteiger charge is -2.69. The number of hydrogen-bond donors (Lipinski definition) is 3. The van der Waals surface area contributed by atoms with Crippen molar-refractivity contribution >= 4 is 44.4 Å². The van der Waals surface area contributed by atoms with Gasteiger partial charge in [0.25, 0.3) is 5.91 Å². The van der Waals surface area contributed by atoms with E-state index in [2.05, 4.69) is 65.9 Å². The molecule has 12 heteroatoms. The summed E-state index contributed by atoms with van der Waals surface area (Å²) in [5, 5.41) is 22.4. The van der Waals surface area contributed by atoms with Gasteiger partial charge in [0.1, 0.15) is 5.82 Å². The molecule has 0 saturated heterocycles. The van der Waals surface area contributed by atoms with Gasteiger partial charge < -0.3 is 20.1 Å². The number of rotatable bonds is 13. The number of carboxylic acid groups (broad SMARTS) is 1. The lowest BCUT2D eigenvalue weighted by molar-refractivity contribution is -0.258. The number of carbonyl (C=O) groups is 2. The van der Waals surface area contributed by atoms with E-state index in [4.69, 9.17) is 14.8 Å². The number of anilines is 2.